The molecule has 1 rings (SSSR count). The molecule has 6 heteroatoms. The Morgan fingerprint density at radius 3 is 2.56 bits per heavy atom. The number of halogens is 2. The normalized spacial score (nSPS) is 22.2. The number of nitrogens with one attached hydrogen (secondary N) is 1. The maximum atomic E-state index is 11.1. The molecule has 1 fully saturated rings. The first kappa shape index (κ1) is 20.3. The number of aliphatic hydroxyl groups excluding tert-OH is 1. The second-order valence-corrected chi connectivity index (χ2v) is 4.68. The van der Waals surface area contributed by atoms with Gasteiger partial charge in [0.25, 0.3) is 0 Å². The zero-order chi connectivity index (χ0) is 12.0. The monoisotopic (exact) mass is 301 g/mol. The molecular weight excluding hydrogens is 277 g/mol. The lowest BCUT2D eigenvalue weighted by molar-refractivity contribution is -0.147. The topological polar surface area (TPSA) is 69.6 Å². The van der Waals surface area contributed by atoms with Gasteiger partial charge >= 0.3 is 5.97 Å². The average Bonchev–Trinajstić information content (AvgIpc) is 2.30. The van der Waals surface area contributed by atoms with Crippen LogP contribution in [-0.2, 0) is 4.79 Å². The molecule has 4 nitrogen and oxygen atoms in total. The third kappa shape index (κ3) is 6.23. The van der Waals surface area contributed by atoms with Crippen LogP contribution in [0.3, 0.4) is 0 Å². The summed E-state index contributed by atoms with van der Waals surface area (Å²) in [5.74, 6) is -1.34. The Morgan fingerprint density at radius 2 is 2.11 bits per heavy atom. The van der Waals surface area contributed by atoms with Gasteiger partial charge in [-0.05, 0) is 31.7 Å². The van der Waals surface area contributed by atoms with Crippen LogP contribution in [0.5, 0.6) is 0 Å². The Kier molecular flexibility index (Phi) is 12.2. The van der Waals surface area contributed by atoms with Crippen LogP contribution < -0.4 is 5.32 Å². The molecule has 0 radical (unpaired) electrons. The van der Waals surface area contributed by atoms with Gasteiger partial charge in [-0.15, -0.1) is 24.8 Å². The SMILES string of the molecule is CCCCC(C(=O)O)C(O)C1CCCNC1.Cl.Cl. The van der Waals surface area contributed by atoms with Crippen molar-refractivity contribution in [1.82, 2.24) is 5.32 Å². The van der Waals surface area contributed by atoms with Crippen LogP contribution >= 0.6 is 24.8 Å². The summed E-state index contributed by atoms with van der Waals surface area (Å²) in [6, 6.07) is 0. The van der Waals surface area contributed by atoms with Gasteiger partial charge in [-0.1, -0.05) is 19.8 Å². The number of unbranched alkanes of at least 4 members (excludes halogenated alkanes) is 1. The van der Waals surface area contributed by atoms with Crippen molar-refractivity contribution in [2.24, 2.45) is 11.8 Å². The molecule has 0 aromatic rings. The van der Waals surface area contributed by atoms with Gasteiger partial charge in [0.05, 0.1) is 12.0 Å². The fraction of sp³-hybridized carbons (Fsp3) is 0.917. The van der Waals surface area contributed by atoms with Crippen molar-refractivity contribution in [3.63, 3.8) is 0 Å². The second kappa shape index (κ2) is 10.9. The van der Waals surface area contributed by atoms with Gasteiger partial charge in [0.2, 0.25) is 0 Å². The zero-order valence-electron chi connectivity index (χ0n) is 10.8. The molecule has 3 atom stereocenters. The summed E-state index contributed by atoms with van der Waals surface area (Å²) in [6.45, 7) is 3.76. The van der Waals surface area contributed by atoms with Crippen LogP contribution in [0.4, 0.5) is 0 Å². The van der Waals surface area contributed by atoms with Gasteiger partial charge in [0, 0.05) is 6.54 Å². The molecule has 1 aliphatic heterocycles. The first-order chi connectivity index (χ1) is 7.66. The number of hydrogen-bond donors (Lipinski definition) is 3. The van der Waals surface area contributed by atoms with E-state index in [0.717, 1.165) is 38.8 Å². The molecule has 0 aliphatic carbocycles. The summed E-state index contributed by atoms with van der Waals surface area (Å²) in [6.07, 6.45) is 3.69. The first-order valence-corrected chi connectivity index (χ1v) is 6.28. The van der Waals surface area contributed by atoms with E-state index in [1.165, 1.54) is 0 Å². The Morgan fingerprint density at radius 1 is 1.44 bits per heavy atom. The number of piperidine rings is 1. The highest BCUT2D eigenvalue weighted by Gasteiger charge is 2.32. The van der Waals surface area contributed by atoms with E-state index in [9.17, 15) is 9.90 Å². The number of hydrogen-bond acceptors (Lipinski definition) is 3. The molecule has 1 saturated heterocycles. The van der Waals surface area contributed by atoms with Crippen LogP contribution in [-0.4, -0.2) is 35.4 Å². The molecule has 0 aromatic heterocycles. The zero-order valence-corrected chi connectivity index (χ0v) is 12.4. The van der Waals surface area contributed by atoms with E-state index in [0.29, 0.717) is 6.42 Å². The van der Waals surface area contributed by atoms with Gasteiger partial charge in [-0.25, -0.2) is 0 Å². The molecule has 3 N–H and O–H groups in total. The fourth-order valence-electron chi connectivity index (χ4n) is 2.36. The molecule has 1 heterocycles. The van der Waals surface area contributed by atoms with Crippen molar-refractivity contribution in [2.75, 3.05) is 13.1 Å². The van der Waals surface area contributed by atoms with E-state index < -0.39 is 18.0 Å². The summed E-state index contributed by atoms with van der Waals surface area (Å²) in [4.78, 5) is 11.1. The highest BCUT2D eigenvalue weighted by molar-refractivity contribution is 5.85. The Hall–Kier alpha value is -0.0300. The maximum absolute atomic E-state index is 11.1. The third-order valence-electron chi connectivity index (χ3n) is 3.42. The van der Waals surface area contributed by atoms with E-state index >= 15 is 0 Å². The van der Waals surface area contributed by atoms with E-state index in [1.54, 1.807) is 0 Å². The predicted molar refractivity (Wildman–Crippen MR) is 76.7 cm³/mol. The number of carboxylic acid groups (broad SMARTS) is 1. The summed E-state index contributed by atoms with van der Waals surface area (Å²) >= 11 is 0. The number of aliphatic carboxylic acids is 1. The minimum absolute atomic E-state index is 0. The lowest BCUT2D eigenvalue weighted by Crippen LogP contribution is -2.42. The summed E-state index contributed by atoms with van der Waals surface area (Å²) < 4.78 is 0. The van der Waals surface area contributed by atoms with Crippen LogP contribution in [0, 0.1) is 11.8 Å². The number of carbonyl (C=O) groups is 1. The predicted octanol–water partition coefficient (Wildman–Crippen LogP) is 2.08. The second-order valence-electron chi connectivity index (χ2n) is 4.68. The molecule has 3 unspecified atom stereocenters. The lowest BCUT2D eigenvalue weighted by Gasteiger charge is -2.30. The quantitative estimate of drug-likeness (QED) is 0.702. The molecule has 0 saturated carbocycles. The Bertz CT molecular complexity index is 223. The number of aliphatic hydroxyl groups is 1. The molecule has 1 aliphatic rings. The van der Waals surface area contributed by atoms with Gasteiger partial charge < -0.3 is 15.5 Å². The molecule has 0 aromatic carbocycles. The smallest absolute Gasteiger partial charge is 0.309 e. The molecule has 0 amide bonds. The van der Waals surface area contributed by atoms with Crippen molar-refractivity contribution in [3.05, 3.63) is 0 Å². The average molecular weight is 302 g/mol. The third-order valence-corrected chi connectivity index (χ3v) is 3.42. The lowest BCUT2D eigenvalue weighted by atomic mass is 9.83. The van der Waals surface area contributed by atoms with Gasteiger partial charge in [-0.3, -0.25) is 4.79 Å². The highest BCUT2D eigenvalue weighted by Crippen LogP contribution is 2.24. The van der Waals surface area contributed by atoms with Crippen molar-refractivity contribution >= 4 is 30.8 Å². The first-order valence-electron chi connectivity index (χ1n) is 6.28. The van der Waals surface area contributed by atoms with E-state index in [1.807, 2.05) is 6.92 Å². The minimum Gasteiger partial charge on any atom is -0.481 e. The van der Waals surface area contributed by atoms with Gasteiger partial charge in [-0.2, -0.15) is 0 Å². The number of rotatable bonds is 6. The van der Waals surface area contributed by atoms with Crippen LogP contribution in [0.1, 0.15) is 39.0 Å². The Labute approximate surface area is 121 Å². The standard InChI is InChI=1S/C12H23NO3.2ClH/c1-2-3-6-10(12(15)16)11(14)9-5-4-7-13-8-9;;/h9-11,13-14H,2-8H2,1H3,(H,15,16);2*1H. The summed E-state index contributed by atoms with van der Waals surface area (Å²) in [5.41, 5.74) is 0. The summed E-state index contributed by atoms with van der Waals surface area (Å²) in [5, 5.41) is 22.4. The minimum atomic E-state index is -0.855. The number of carboxylic acids is 1. The van der Waals surface area contributed by atoms with Crippen molar-refractivity contribution in [2.45, 2.75) is 45.1 Å². The van der Waals surface area contributed by atoms with Crippen LogP contribution in [0.2, 0.25) is 0 Å². The van der Waals surface area contributed by atoms with Crippen molar-refractivity contribution < 1.29 is 15.0 Å². The van der Waals surface area contributed by atoms with Gasteiger partial charge in [0.15, 0.2) is 0 Å². The fourth-order valence-corrected chi connectivity index (χ4v) is 2.36. The van der Waals surface area contributed by atoms with Crippen LogP contribution in [0.25, 0.3) is 0 Å². The highest BCUT2D eigenvalue weighted by atomic mass is 35.5. The Balaban J connectivity index is 0. The van der Waals surface area contributed by atoms with Gasteiger partial charge in [0.1, 0.15) is 0 Å². The molecular formula is C12H25Cl2NO3. The summed E-state index contributed by atoms with van der Waals surface area (Å²) in [7, 11) is 0. The molecule has 18 heavy (non-hydrogen) atoms. The molecule has 110 valence electrons. The van der Waals surface area contributed by atoms with E-state index in [-0.39, 0.29) is 30.7 Å². The molecule has 0 spiro atoms. The van der Waals surface area contributed by atoms with Crippen molar-refractivity contribution in [3.8, 4) is 0 Å². The largest absolute Gasteiger partial charge is 0.481 e. The van der Waals surface area contributed by atoms with E-state index in [4.69, 9.17) is 5.11 Å². The maximum Gasteiger partial charge on any atom is 0.309 e. The van der Waals surface area contributed by atoms with E-state index in [2.05, 4.69) is 5.32 Å². The molecule has 0 bridgehead atoms. The van der Waals surface area contributed by atoms with Crippen LogP contribution in [0.15, 0.2) is 0 Å². The van der Waals surface area contributed by atoms with Crippen molar-refractivity contribution in [1.29, 1.82) is 0 Å².